The Bertz CT molecular complexity index is 582. The number of benzene rings is 1. The second-order valence-electron chi connectivity index (χ2n) is 4.54. The van der Waals surface area contributed by atoms with Gasteiger partial charge in [-0.3, -0.25) is 0 Å². The highest BCUT2D eigenvalue weighted by molar-refractivity contribution is 7.99. The highest BCUT2D eigenvalue weighted by Gasteiger charge is 2.27. The van der Waals surface area contributed by atoms with E-state index in [0.717, 1.165) is 21.5 Å². The third-order valence-corrected chi connectivity index (χ3v) is 3.89. The predicted octanol–water partition coefficient (Wildman–Crippen LogP) is 3.10. The minimum atomic E-state index is 0.513. The smallest absolute Gasteiger partial charge is 0.135 e. The van der Waals surface area contributed by atoms with Crippen molar-refractivity contribution in [3.8, 4) is 5.75 Å². The van der Waals surface area contributed by atoms with Crippen molar-refractivity contribution in [2.75, 3.05) is 12.8 Å². The Morgan fingerprint density at radius 2 is 1.95 bits per heavy atom. The zero-order valence-corrected chi connectivity index (χ0v) is 11.5. The van der Waals surface area contributed by atoms with Gasteiger partial charge in [-0.2, -0.15) is 0 Å². The van der Waals surface area contributed by atoms with Crippen LogP contribution >= 0.6 is 11.8 Å². The van der Waals surface area contributed by atoms with Crippen LogP contribution in [0.3, 0.4) is 0 Å². The zero-order chi connectivity index (χ0) is 13.2. The number of nitrogens with two attached hydrogens (primary N) is 1. The summed E-state index contributed by atoms with van der Waals surface area (Å²) in [6.45, 7) is 0. The van der Waals surface area contributed by atoms with Crippen LogP contribution in [-0.4, -0.2) is 17.1 Å². The number of anilines is 1. The molecule has 1 fully saturated rings. The van der Waals surface area contributed by atoms with E-state index in [1.165, 1.54) is 12.8 Å². The molecule has 0 aliphatic heterocycles. The molecule has 0 saturated heterocycles. The van der Waals surface area contributed by atoms with Gasteiger partial charge in [0.25, 0.3) is 0 Å². The van der Waals surface area contributed by atoms with Crippen LogP contribution in [0, 0.1) is 0 Å². The Labute approximate surface area is 116 Å². The molecule has 1 aliphatic rings. The SMILES string of the molecule is COc1ccc(Sc2cc(N)nc(C3CC3)n2)cc1. The molecule has 0 spiro atoms. The number of methoxy groups -OCH3 is 1. The summed E-state index contributed by atoms with van der Waals surface area (Å²) in [7, 11) is 1.66. The molecule has 98 valence electrons. The van der Waals surface area contributed by atoms with Crippen molar-refractivity contribution in [3.05, 3.63) is 36.2 Å². The summed E-state index contributed by atoms with van der Waals surface area (Å²) in [5.41, 5.74) is 5.84. The fraction of sp³-hybridized carbons (Fsp3) is 0.286. The first-order chi connectivity index (χ1) is 9.24. The van der Waals surface area contributed by atoms with E-state index in [2.05, 4.69) is 9.97 Å². The third-order valence-electron chi connectivity index (χ3n) is 2.96. The van der Waals surface area contributed by atoms with Gasteiger partial charge in [-0.05, 0) is 37.1 Å². The van der Waals surface area contributed by atoms with Gasteiger partial charge >= 0.3 is 0 Å². The van der Waals surface area contributed by atoms with Crippen molar-refractivity contribution in [1.29, 1.82) is 0 Å². The summed E-state index contributed by atoms with van der Waals surface area (Å²) in [6, 6.07) is 9.72. The van der Waals surface area contributed by atoms with Crippen LogP contribution in [0.1, 0.15) is 24.6 Å². The maximum absolute atomic E-state index is 5.84. The molecule has 2 aromatic rings. The lowest BCUT2D eigenvalue weighted by Gasteiger charge is -2.05. The van der Waals surface area contributed by atoms with Crippen LogP contribution in [0.4, 0.5) is 5.82 Å². The second kappa shape index (κ2) is 5.09. The summed E-state index contributed by atoms with van der Waals surface area (Å²) in [6.07, 6.45) is 2.35. The number of hydrogen-bond donors (Lipinski definition) is 1. The van der Waals surface area contributed by atoms with Crippen molar-refractivity contribution < 1.29 is 4.74 Å². The number of nitrogens with zero attached hydrogens (tertiary/aromatic N) is 2. The van der Waals surface area contributed by atoms with E-state index in [0.29, 0.717) is 11.7 Å². The van der Waals surface area contributed by atoms with Gasteiger partial charge in [0.05, 0.1) is 7.11 Å². The Hall–Kier alpha value is -1.75. The number of nitrogen functional groups attached to an aromatic ring is 1. The summed E-state index contributed by atoms with van der Waals surface area (Å²) in [5.74, 6) is 2.80. The molecule has 2 N–H and O–H groups in total. The highest BCUT2D eigenvalue weighted by Crippen LogP contribution is 2.39. The minimum Gasteiger partial charge on any atom is -0.497 e. The number of rotatable bonds is 4. The first-order valence-corrected chi connectivity index (χ1v) is 7.02. The van der Waals surface area contributed by atoms with Gasteiger partial charge in [0, 0.05) is 16.9 Å². The van der Waals surface area contributed by atoms with Gasteiger partial charge in [-0.1, -0.05) is 11.8 Å². The molecular weight excluding hydrogens is 258 g/mol. The van der Waals surface area contributed by atoms with Crippen LogP contribution < -0.4 is 10.5 Å². The fourth-order valence-corrected chi connectivity index (χ4v) is 2.63. The summed E-state index contributed by atoms with van der Waals surface area (Å²) in [4.78, 5) is 9.98. The molecule has 1 saturated carbocycles. The minimum absolute atomic E-state index is 0.513. The van der Waals surface area contributed by atoms with Crippen LogP contribution in [0.2, 0.25) is 0 Å². The Morgan fingerprint density at radius 3 is 2.58 bits per heavy atom. The van der Waals surface area contributed by atoms with Gasteiger partial charge in [-0.15, -0.1) is 0 Å². The van der Waals surface area contributed by atoms with E-state index in [4.69, 9.17) is 10.5 Å². The molecule has 0 radical (unpaired) electrons. The molecule has 5 heteroatoms. The number of hydrogen-bond acceptors (Lipinski definition) is 5. The molecule has 0 amide bonds. The van der Waals surface area contributed by atoms with Crippen LogP contribution in [0.25, 0.3) is 0 Å². The molecule has 0 atom stereocenters. The lowest BCUT2D eigenvalue weighted by Crippen LogP contribution is -1.99. The van der Waals surface area contributed by atoms with E-state index in [-0.39, 0.29) is 0 Å². The zero-order valence-electron chi connectivity index (χ0n) is 10.7. The first-order valence-electron chi connectivity index (χ1n) is 6.21. The van der Waals surface area contributed by atoms with Gasteiger partial charge in [-0.25, -0.2) is 9.97 Å². The number of aromatic nitrogens is 2. The van der Waals surface area contributed by atoms with Crippen molar-refractivity contribution in [2.24, 2.45) is 0 Å². The topological polar surface area (TPSA) is 61.0 Å². The lowest BCUT2D eigenvalue weighted by atomic mass is 10.3. The van der Waals surface area contributed by atoms with E-state index in [1.807, 2.05) is 30.3 Å². The maximum Gasteiger partial charge on any atom is 0.135 e. The van der Waals surface area contributed by atoms with E-state index in [9.17, 15) is 0 Å². The van der Waals surface area contributed by atoms with Crippen LogP contribution in [-0.2, 0) is 0 Å². The maximum atomic E-state index is 5.84. The summed E-state index contributed by atoms with van der Waals surface area (Å²) < 4.78 is 5.14. The van der Waals surface area contributed by atoms with Crippen LogP contribution in [0.5, 0.6) is 5.75 Å². The molecule has 1 aromatic heterocycles. The summed E-state index contributed by atoms with van der Waals surface area (Å²) >= 11 is 1.59. The van der Waals surface area contributed by atoms with Crippen LogP contribution in [0.15, 0.2) is 40.3 Å². The summed E-state index contributed by atoms with van der Waals surface area (Å²) in [5, 5.41) is 0.902. The van der Waals surface area contributed by atoms with Gasteiger partial charge < -0.3 is 10.5 Å². The number of ether oxygens (including phenoxy) is 1. The lowest BCUT2D eigenvalue weighted by molar-refractivity contribution is 0.414. The molecule has 4 nitrogen and oxygen atoms in total. The molecule has 0 unspecified atom stereocenters. The molecule has 1 heterocycles. The predicted molar refractivity (Wildman–Crippen MR) is 75.5 cm³/mol. The quantitative estimate of drug-likeness (QED) is 0.867. The van der Waals surface area contributed by atoms with Crippen molar-refractivity contribution in [2.45, 2.75) is 28.7 Å². The normalized spacial score (nSPS) is 14.4. The monoisotopic (exact) mass is 273 g/mol. The average Bonchev–Trinajstić information content (AvgIpc) is 3.23. The molecule has 1 aliphatic carbocycles. The first kappa shape index (κ1) is 12.3. The van der Waals surface area contributed by atoms with Gasteiger partial charge in [0.15, 0.2) is 0 Å². The Balaban J connectivity index is 1.81. The molecule has 1 aromatic carbocycles. The molecule has 19 heavy (non-hydrogen) atoms. The van der Waals surface area contributed by atoms with E-state index in [1.54, 1.807) is 18.9 Å². The average molecular weight is 273 g/mol. The largest absolute Gasteiger partial charge is 0.497 e. The Morgan fingerprint density at radius 1 is 1.21 bits per heavy atom. The highest BCUT2D eigenvalue weighted by atomic mass is 32.2. The van der Waals surface area contributed by atoms with Crippen molar-refractivity contribution >= 4 is 17.6 Å². The molecule has 3 rings (SSSR count). The van der Waals surface area contributed by atoms with E-state index >= 15 is 0 Å². The van der Waals surface area contributed by atoms with Gasteiger partial charge in [0.2, 0.25) is 0 Å². The molecular formula is C14H15N3OS. The van der Waals surface area contributed by atoms with Crippen molar-refractivity contribution in [1.82, 2.24) is 9.97 Å². The fourth-order valence-electron chi connectivity index (χ4n) is 1.80. The second-order valence-corrected chi connectivity index (χ2v) is 5.63. The third kappa shape index (κ3) is 2.98. The Kier molecular flexibility index (Phi) is 3.29. The standard InChI is InChI=1S/C14H15N3OS/c1-18-10-4-6-11(7-5-10)19-13-8-12(15)16-14(17-13)9-2-3-9/h4-9H,2-3H2,1H3,(H2,15,16,17). The van der Waals surface area contributed by atoms with Gasteiger partial charge in [0.1, 0.15) is 22.4 Å². The van der Waals surface area contributed by atoms with E-state index < -0.39 is 0 Å². The van der Waals surface area contributed by atoms with Crippen molar-refractivity contribution in [3.63, 3.8) is 0 Å². The molecule has 0 bridgehead atoms.